The summed E-state index contributed by atoms with van der Waals surface area (Å²) in [5.74, 6) is 3.77. The Hall–Kier alpha value is -0.690. The molecule has 0 heterocycles. The van der Waals surface area contributed by atoms with Gasteiger partial charge in [-0.1, -0.05) is 46.5 Å². The number of methoxy groups -OCH3 is 1. The van der Waals surface area contributed by atoms with Gasteiger partial charge in [-0.2, -0.15) is 0 Å². The van der Waals surface area contributed by atoms with Gasteiger partial charge in [-0.3, -0.25) is 4.79 Å². The molecule has 0 aromatic carbocycles. The van der Waals surface area contributed by atoms with E-state index in [-0.39, 0.29) is 17.5 Å². The number of hydrogen-bond donors (Lipinski definition) is 4. The lowest BCUT2D eigenvalue weighted by Gasteiger charge is -2.62. The first-order valence-electron chi connectivity index (χ1n) is 18.1. The number of esters is 1. The Kier molecular flexibility index (Phi) is 13.1. The van der Waals surface area contributed by atoms with Crippen LogP contribution in [0.15, 0.2) is 0 Å². The summed E-state index contributed by atoms with van der Waals surface area (Å²) >= 11 is 0. The van der Waals surface area contributed by atoms with Gasteiger partial charge in [-0.05, 0) is 150 Å². The Morgan fingerprint density at radius 1 is 0.881 bits per heavy atom. The van der Waals surface area contributed by atoms with Crippen molar-refractivity contribution in [2.75, 3.05) is 33.3 Å². The van der Waals surface area contributed by atoms with Crippen LogP contribution in [-0.2, 0) is 9.53 Å². The molecule has 6 heteroatoms. The van der Waals surface area contributed by atoms with Gasteiger partial charge in [-0.25, -0.2) is 0 Å². The molecule has 4 saturated carbocycles. The van der Waals surface area contributed by atoms with Crippen molar-refractivity contribution >= 4 is 5.97 Å². The number of carbonyl (C=O) groups excluding carboxylic acids is 1. The number of ether oxygens (including phenoxy) is 1. The molecule has 0 spiro atoms. The van der Waals surface area contributed by atoms with Crippen molar-refractivity contribution in [3.8, 4) is 0 Å². The van der Waals surface area contributed by atoms with E-state index in [1.165, 1.54) is 90.6 Å². The van der Waals surface area contributed by atoms with Gasteiger partial charge in [0.1, 0.15) is 0 Å². The lowest BCUT2D eigenvalue weighted by atomic mass is 9.43. The fourth-order valence-corrected chi connectivity index (χ4v) is 10.9. The fraction of sp³-hybridized carbons (Fsp3) is 0.972. The summed E-state index contributed by atoms with van der Waals surface area (Å²) in [6, 6.07) is 0.558. The first-order valence-corrected chi connectivity index (χ1v) is 18.1. The van der Waals surface area contributed by atoms with Gasteiger partial charge >= 0.3 is 5.97 Å². The summed E-state index contributed by atoms with van der Waals surface area (Å²) in [7, 11) is 1.50. The zero-order chi connectivity index (χ0) is 30.2. The average molecular weight is 590 g/mol. The smallest absolute Gasteiger partial charge is 0.305 e. The van der Waals surface area contributed by atoms with Crippen molar-refractivity contribution in [3.05, 3.63) is 0 Å². The monoisotopic (exact) mass is 590 g/mol. The van der Waals surface area contributed by atoms with Crippen molar-refractivity contribution in [1.82, 2.24) is 10.6 Å². The standard InChI is InChI=1S/C36H67N3O3/c1-26(12-15-34(41)42-4)29-13-14-30-28-25-33(40)32-24-27(16-18-36(32,3)31(28)17-19-35(29,30)2)39-23-11-22-38-21-10-8-6-5-7-9-20-37/h26-33,38-40H,5-25,37H2,1-4H3/t26-,27+,28?,29-,30?,31?,32+,33-,35-,36-/m1/s1. The van der Waals surface area contributed by atoms with Gasteiger partial charge in [0.15, 0.2) is 0 Å². The van der Waals surface area contributed by atoms with Gasteiger partial charge in [0, 0.05) is 12.5 Å². The van der Waals surface area contributed by atoms with Gasteiger partial charge in [-0.15, -0.1) is 0 Å². The van der Waals surface area contributed by atoms with E-state index in [0.717, 1.165) is 57.3 Å². The Labute approximate surface area is 258 Å². The van der Waals surface area contributed by atoms with Crippen LogP contribution in [0.5, 0.6) is 0 Å². The van der Waals surface area contributed by atoms with Crippen LogP contribution in [0, 0.1) is 46.3 Å². The maximum atomic E-state index is 11.8. The van der Waals surface area contributed by atoms with E-state index in [0.29, 0.717) is 41.5 Å². The lowest BCUT2D eigenvalue weighted by molar-refractivity contribution is -0.162. The molecule has 6 nitrogen and oxygen atoms in total. The third kappa shape index (κ3) is 7.93. The average Bonchev–Trinajstić information content (AvgIpc) is 3.34. The highest BCUT2D eigenvalue weighted by Gasteiger charge is 2.62. The van der Waals surface area contributed by atoms with Crippen LogP contribution in [0.25, 0.3) is 0 Å². The van der Waals surface area contributed by atoms with E-state index in [1.807, 2.05) is 0 Å². The van der Waals surface area contributed by atoms with E-state index >= 15 is 0 Å². The summed E-state index contributed by atoms with van der Waals surface area (Å²) in [6.07, 6.45) is 20.2. The summed E-state index contributed by atoms with van der Waals surface area (Å²) in [5, 5.41) is 19.2. The normalized spacial score (nSPS) is 38.4. The van der Waals surface area contributed by atoms with Gasteiger partial charge in [0.05, 0.1) is 13.2 Å². The lowest BCUT2D eigenvalue weighted by Crippen LogP contribution is -2.59. The Morgan fingerprint density at radius 2 is 1.57 bits per heavy atom. The summed E-state index contributed by atoms with van der Waals surface area (Å²) < 4.78 is 4.93. The number of aliphatic hydroxyl groups is 1. The molecular weight excluding hydrogens is 522 g/mol. The van der Waals surface area contributed by atoms with E-state index in [2.05, 4.69) is 31.4 Å². The highest BCUT2D eigenvalue weighted by Crippen LogP contribution is 2.68. The largest absolute Gasteiger partial charge is 0.469 e. The third-order valence-corrected chi connectivity index (χ3v) is 13.2. The number of hydrogen-bond acceptors (Lipinski definition) is 6. The van der Waals surface area contributed by atoms with Gasteiger partial charge in [0.2, 0.25) is 0 Å². The molecule has 0 aromatic heterocycles. The number of carbonyl (C=O) groups is 1. The molecule has 4 fully saturated rings. The highest BCUT2D eigenvalue weighted by molar-refractivity contribution is 5.69. The van der Waals surface area contributed by atoms with Crippen molar-refractivity contribution in [3.63, 3.8) is 0 Å². The number of nitrogens with two attached hydrogens (primary N) is 1. The predicted molar refractivity (Wildman–Crippen MR) is 173 cm³/mol. The minimum Gasteiger partial charge on any atom is -0.469 e. The molecule has 0 aromatic rings. The summed E-state index contributed by atoms with van der Waals surface area (Å²) in [5.41, 5.74) is 6.21. The molecule has 244 valence electrons. The van der Waals surface area contributed by atoms with Crippen molar-refractivity contribution in [1.29, 1.82) is 0 Å². The minimum absolute atomic E-state index is 0.0720. The molecule has 42 heavy (non-hydrogen) atoms. The Balaban J connectivity index is 1.20. The molecule has 0 amide bonds. The molecule has 4 aliphatic rings. The molecule has 3 unspecified atom stereocenters. The third-order valence-electron chi connectivity index (χ3n) is 13.2. The number of aliphatic hydroxyl groups excluding tert-OH is 1. The number of fused-ring (bicyclic) bond motifs is 5. The van der Waals surface area contributed by atoms with Gasteiger partial charge in [0.25, 0.3) is 0 Å². The minimum atomic E-state index is -0.157. The molecular formula is C36H67N3O3. The SMILES string of the molecule is COC(=O)CC[C@@H](C)[C@H]1CCC2C3C[C@@H](O)[C@@H]4C[C@@H](NCCCNCCCCCCCCN)CC[C@]4(C)C3CC[C@@]21C. The van der Waals surface area contributed by atoms with Crippen LogP contribution in [0.2, 0.25) is 0 Å². The fourth-order valence-electron chi connectivity index (χ4n) is 10.9. The summed E-state index contributed by atoms with van der Waals surface area (Å²) in [6.45, 7) is 11.7. The van der Waals surface area contributed by atoms with Crippen LogP contribution in [-0.4, -0.2) is 56.5 Å². The second kappa shape index (κ2) is 16.0. The topological polar surface area (TPSA) is 96.6 Å². The van der Waals surface area contributed by atoms with Crippen molar-refractivity contribution < 1.29 is 14.6 Å². The Bertz CT molecular complexity index is 825. The zero-order valence-electron chi connectivity index (χ0n) is 27.8. The van der Waals surface area contributed by atoms with Crippen molar-refractivity contribution in [2.45, 2.75) is 142 Å². The van der Waals surface area contributed by atoms with Crippen LogP contribution in [0.3, 0.4) is 0 Å². The molecule has 5 N–H and O–H groups in total. The van der Waals surface area contributed by atoms with Crippen LogP contribution in [0.1, 0.15) is 130 Å². The quantitative estimate of drug-likeness (QED) is 0.115. The first kappa shape index (κ1) is 34.2. The maximum absolute atomic E-state index is 11.8. The van der Waals surface area contributed by atoms with E-state index in [9.17, 15) is 9.90 Å². The van der Waals surface area contributed by atoms with E-state index in [1.54, 1.807) is 0 Å². The first-order chi connectivity index (χ1) is 20.2. The second-order valence-electron chi connectivity index (χ2n) is 15.6. The molecule has 0 saturated heterocycles. The number of rotatable bonds is 17. The molecule has 0 bridgehead atoms. The number of nitrogens with one attached hydrogen (secondary N) is 2. The van der Waals surface area contributed by atoms with Gasteiger partial charge < -0.3 is 26.2 Å². The van der Waals surface area contributed by atoms with Crippen LogP contribution >= 0.6 is 0 Å². The van der Waals surface area contributed by atoms with E-state index < -0.39 is 0 Å². The maximum Gasteiger partial charge on any atom is 0.305 e. The second-order valence-corrected chi connectivity index (χ2v) is 15.6. The molecule has 10 atom stereocenters. The molecule has 0 aliphatic heterocycles. The zero-order valence-corrected chi connectivity index (χ0v) is 27.8. The molecule has 4 aliphatic carbocycles. The van der Waals surface area contributed by atoms with E-state index in [4.69, 9.17) is 10.5 Å². The molecule has 0 radical (unpaired) electrons. The Morgan fingerprint density at radius 3 is 2.33 bits per heavy atom. The number of unbranched alkanes of at least 4 members (excludes halogenated alkanes) is 5. The predicted octanol–water partition coefficient (Wildman–Crippen LogP) is 6.44. The van der Waals surface area contributed by atoms with Crippen LogP contribution < -0.4 is 16.4 Å². The highest BCUT2D eigenvalue weighted by atomic mass is 16.5. The van der Waals surface area contributed by atoms with Crippen LogP contribution in [0.4, 0.5) is 0 Å². The molecule has 4 rings (SSSR count). The van der Waals surface area contributed by atoms with Crippen molar-refractivity contribution in [2.24, 2.45) is 52.1 Å². The summed E-state index contributed by atoms with van der Waals surface area (Å²) in [4.78, 5) is 11.8.